The summed E-state index contributed by atoms with van der Waals surface area (Å²) in [7, 11) is -3.44. The Morgan fingerprint density at radius 1 is 1.33 bits per heavy atom. The highest BCUT2D eigenvalue weighted by molar-refractivity contribution is 7.89. The zero-order valence-electron chi connectivity index (χ0n) is 11.8. The van der Waals surface area contributed by atoms with Crippen molar-refractivity contribution in [3.63, 3.8) is 0 Å². The Morgan fingerprint density at radius 3 is 2.67 bits per heavy atom. The third-order valence-corrected chi connectivity index (χ3v) is 6.16. The van der Waals surface area contributed by atoms with Crippen molar-refractivity contribution in [2.45, 2.75) is 18.5 Å². The van der Waals surface area contributed by atoms with E-state index in [1.165, 1.54) is 16.1 Å². The van der Waals surface area contributed by atoms with E-state index >= 15 is 0 Å². The zero-order valence-corrected chi connectivity index (χ0v) is 13.5. The van der Waals surface area contributed by atoms with Crippen LogP contribution in [0.15, 0.2) is 28.0 Å². The van der Waals surface area contributed by atoms with Crippen LogP contribution < -0.4 is 0 Å². The van der Waals surface area contributed by atoms with Gasteiger partial charge in [-0.1, -0.05) is 0 Å². The van der Waals surface area contributed by atoms with Gasteiger partial charge in [0.1, 0.15) is 5.82 Å². The summed E-state index contributed by atoms with van der Waals surface area (Å²) in [4.78, 5) is 9.06. The standard InChI is InChI=1S/C13H18N4O2S2/c1-11-14-8-13(15-11)21(18,19)17-5-3-16(4-6-17)9-12-2-7-20-10-12/h2,7-8,10H,3-6,9H2,1H3,(H,14,15). The first kappa shape index (κ1) is 14.7. The van der Waals surface area contributed by atoms with Gasteiger partial charge in [0.15, 0.2) is 5.03 Å². The predicted molar refractivity (Wildman–Crippen MR) is 81.7 cm³/mol. The molecule has 1 saturated heterocycles. The van der Waals surface area contributed by atoms with Gasteiger partial charge in [0.25, 0.3) is 10.0 Å². The van der Waals surface area contributed by atoms with Gasteiger partial charge in [0.05, 0.1) is 6.20 Å². The lowest BCUT2D eigenvalue weighted by atomic mass is 10.3. The molecule has 2 aromatic heterocycles. The van der Waals surface area contributed by atoms with E-state index in [2.05, 4.69) is 31.7 Å². The minimum atomic E-state index is -3.44. The zero-order chi connectivity index (χ0) is 14.9. The summed E-state index contributed by atoms with van der Waals surface area (Å²) in [5.41, 5.74) is 1.29. The monoisotopic (exact) mass is 326 g/mol. The van der Waals surface area contributed by atoms with Crippen molar-refractivity contribution in [3.8, 4) is 0 Å². The van der Waals surface area contributed by atoms with Gasteiger partial charge in [0.2, 0.25) is 0 Å². The smallest absolute Gasteiger partial charge is 0.260 e. The molecular formula is C13H18N4O2S2. The van der Waals surface area contributed by atoms with Crippen LogP contribution >= 0.6 is 11.3 Å². The molecule has 1 fully saturated rings. The highest BCUT2D eigenvalue weighted by Gasteiger charge is 2.29. The minimum Gasteiger partial charge on any atom is -0.332 e. The number of aryl methyl sites for hydroxylation is 1. The van der Waals surface area contributed by atoms with Crippen LogP contribution in [0, 0.1) is 6.92 Å². The molecule has 3 rings (SSSR count). The summed E-state index contributed by atoms with van der Waals surface area (Å²) in [6.07, 6.45) is 1.39. The second-order valence-electron chi connectivity index (χ2n) is 5.14. The van der Waals surface area contributed by atoms with Crippen molar-refractivity contribution in [2.24, 2.45) is 0 Å². The number of H-pyrrole nitrogens is 1. The number of rotatable bonds is 4. The van der Waals surface area contributed by atoms with Crippen molar-refractivity contribution in [2.75, 3.05) is 26.2 Å². The second-order valence-corrected chi connectivity index (χ2v) is 7.83. The van der Waals surface area contributed by atoms with Crippen LogP contribution in [0.1, 0.15) is 11.4 Å². The number of aromatic nitrogens is 2. The van der Waals surface area contributed by atoms with Crippen molar-refractivity contribution in [3.05, 3.63) is 34.4 Å². The summed E-state index contributed by atoms with van der Waals surface area (Å²) in [6, 6.07) is 2.11. The first-order valence-electron chi connectivity index (χ1n) is 6.81. The third-order valence-electron chi connectivity index (χ3n) is 3.61. The molecule has 1 aliphatic rings. The molecule has 0 saturated carbocycles. The van der Waals surface area contributed by atoms with E-state index in [9.17, 15) is 8.42 Å². The van der Waals surface area contributed by atoms with E-state index in [0.29, 0.717) is 18.9 Å². The van der Waals surface area contributed by atoms with Crippen LogP contribution in [0.4, 0.5) is 0 Å². The molecule has 0 bridgehead atoms. The molecule has 0 radical (unpaired) electrons. The summed E-state index contributed by atoms with van der Waals surface area (Å²) >= 11 is 1.69. The number of imidazole rings is 1. The van der Waals surface area contributed by atoms with Gasteiger partial charge in [-0.25, -0.2) is 13.4 Å². The maximum Gasteiger partial charge on any atom is 0.260 e. The molecule has 0 spiro atoms. The number of nitrogens with one attached hydrogen (secondary N) is 1. The van der Waals surface area contributed by atoms with Crippen molar-refractivity contribution < 1.29 is 8.42 Å². The number of hydrogen-bond donors (Lipinski definition) is 1. The molecule has 0 unspecified atom stereocenters. The maximum atomic E-state index is 12.5. The van der Waals surface area contributed by atoms with Crippen molar-refractivity contribution in [1.29, 1.82) is 0 Å². The number of thiophene rings is 1. The number of hydrogen-bond acceptors (Lipinski definition) is 5. The third kappa shape index (κ3) is 3.18. The van der Waals surface area contributed by atoms with Crippen LogP contribution in [0.5, 0.6) is 0 Å². The molecule has 0 amide bonds. The largest absolute Gasteiger partial charge is 0.332 e. The van der Waals surface area contributed by atoms with E-state index in [1.807, 2.05) is 0 Å². The quantitative estimate of drug-likeness (QED) is 0.919. The Labute approximate surface area is 128 Å². The van der Waals surface area contributed by atoms with E-state index in [1.54, 1.807) is 18.3 Å². The fourth-order valence-electron chi connectivity index (χ4n) is 2.44. The molecule has 1 N–H and O–H groups in total. The molecule has 6 nitrogen and oxygen atoms in total. The van der Waals surface area contributed by atoms with Crippen LogP contribution in [0.3, 0.4) is 0 Å². The van der Waals surface area contributed by atoms with E-state index in [-0.39, 0.29) is 5.03 Å². The molecule has 8 heteroatoms. The first-order valence-corrected chi connectivity index (χ1v) is 9.19. The topological polar surface area (TPSA) is 69.3 Å². The average molecular weight is 326 g/mol. The number of sulfonamides is 1. The lowest BCUT2D eigenvalue weighted by molar-refractivity contribution is 0.181. The molecule has 0 aromatic carbocycles. The molecule has 1 aliphatic heterocycles. The van der Waals surface area contributed by atoms with E-state index in [4.69, 9.17) is 0 Å². The van der Waals surface area contributed by atoms with Gasteiger partial charge in [-0.05, 0) is 29.3 Å². The Morgan fingerprint density at radius 2 is 2.10 bits per heavy atom. The fourth-order valence-corrected chi connectivity index (χ4v) is 4.48. The summed E-state index contributed by atoms with van der Waals surface area (Å²) in [5.74, 6) is 0.615. The summed E-state index contributed by atoms with van der Waals surface area (Å²) in [5, 5.41) is 4.39. The molecule has 21 heavy (non-hydrogen) atoms. The molecule has 0 atom stereocenters. The van der Waals surface area contributed by atoms with E-state index in [0.717, 1.165) is 19.6 Å². The Kier molecular flexibility index (Phi) is 4.12. The molecule has 0 aliphatic carbocycles. The van der Waals surface area contributed by atoms with Crippen LogP contribution in [-0.4, -0.2) is 53.8 Å². The normalized spacial score (nSPS) is 18.1. The number of aromatic amines is 1. The van der Waals surface area contributed by atoms with Gasteiger partial charge in [-0.3, -0.25) is 4.90 Å². The van der Waals surface area contributed by atoms with Gasteiger partial charge in [-0.15, -0.1) is 0 Å². The summed E-state index contributed by atoms with van der Waals surface area (Å²) in [6.45, 7) is 5.18. The van der Waals surface area contributed by atoms with E-state index < -0.39 is 10.0 Å². The average Bonchev–Trinajstić information content (AvgIpc) is 3.11. The highest BCUT2D eigenvalue weighted by Crippen LogP contribution is 2.17. The number of piperazine rings is 1. The molecular weight excluding hydrogens is 308 g/mol. The van der Waals surface area contributed by atoms with Crippen LogP contribution in [0.2, 0.25) is 0 Å². The maximum absolute atomic E-state index is 12.5. The van der Waals surface area contributed by atoms with Crippen LogP contribution in [0.25, 0.3) is 0 Å². The highest BCUT2D eigenvalue weighted by atomic mass is 32.2. The molecule has 114 valence electrons. The SMILES string of the molecule is Cc1ncc(S(=O)(=O)N2CCN(Cc3ccsc3)CC2)[nH]1. The summed E-state index contributed by atoms with van der Waals surface area (Å²) < 4.78 is 26.5. The Bertz CT molecular complexity index is 686. The fraction of sp³-hybridized carbons (Fsp3) is 0.462. The van der Waals surface area contributed by atoms with Gasteiger partial charge in [-0.2, -0.15) is 15.6 Å². The lowest BCUT2D eigenvalue weighted by Crippen LogP contribution is -2.48. The van der Waals surface area contributed by atoms with Crippen molar-refractivity contribution in [1.82, 2.24) is 19.2 Å². The minimum absolute atomic E-state index is 0.186. The number of nitrogens with zero attached hydrogens (tertiary/aromatic N) is 3. The van der Waals surface area contributed by atoms with Crippen molar-refractivity contribution >= 4 is 21.4 Å². The predicted octanol–water partition coefficient (Wildman–Crippen LogP) is 1.29. The van der Waals surface area contributed by atoms with Crippen LogP contribution in [-0.2, 0) is 16.6 Å². The Hall–Kier alpha value is -1.22. The lowest BCUT2D eigenvalue weighted by Gasteiger charge is -2.33. The van der Waals surface area contributed by atoms with Gasteiger partial charge >= 0.3 is 0 Å². The van der Waals surface area contributed by atoms with Gasteiger partial charge < -0.3 is 4.98 Å². The molecule has 3 heterocycles. The van der Waals surface area contributed by atoms with Gasteiger partial charge in [0, 0.05) is 32.7 Å². The first-order chi connectivity index (χ1) is 10.1. The molecule has 2 aromatic rings. The Balaban J connectivity index is 1.63. The second kappa shape index (κ2) is 5.88.